The molecule has 1 aliphatic heterocycles. The smallest absolute Gasteiger partial charge is 0.410 e. The summed E-state index contributed by atoms with van der Waals surface area (Å²) in [5.74, 6) is 0. The van der Waals surface area contributed by atoms with Gasteiger partial charge in [0.15, 0.2) is 0 Å². The zero-order chi connectivity index (χ0) is 10.4. The van der Waals surface area contributed by atoms with Crippen molar-refractivity contribution < 1.29 is 9.53 Å². The Morgan fingerprint density at radius 2 is 2.00 bits per heavy atom. The average Bonchev–Trinajstić information content (AvgIpc) is 2.19. The Balaban J connectivity index is 2.24. The van der Waals surface area contributed by atoms with Crippen LogP contribution in [0.25, 0.3) is 0 Å². The molecule has 4 nitrogen and oxygen atoms in total. The lowest BCUT2D eigenvalue weighted by atomic mass is 10.1. The van der Waals surface area contributed by atoms with E-state index in [1.807, 2.05) is 6.92 Å². The normalized spacial score (nSPS) is 17.9. The minimum atomic E-state index is -0.224. The summed E-state index contributed by atoms with van der Waals surface area (Å²) in [5, 5.41) is 0. The molecule has 0 aromatic carbocycles. The molecule has 0 N–H and O–H groups in total. The van der Waals surface area contributed by atoms with E-state index in [1.54, 1.807) is 11.9 Å². The largest absolute Gasteiger partial charge is 0.450 e. The fourth-order valence-corrected chi connectivity index (χ4v) is 1.69. The third-order valence-electron chi connectivity index (χ3n) is 2.44. The monoisotopic (exact) mass is 200 g/mol. The molecule has 1 amide bonds. The van der Waals surface area contributed by atoms with E-state index >= 15 is 0 Å². The summed E-state index contributed by atoms with van der Waals surface area (Å²) >= 11 is 0. The average molecular weight is 200 g/mol. The highest BCUT2D eigenvalue weighted by atomic mass is 16.6. The van der Waals surface area contributed by atoms with Crippen LogP contribution in [0.1, 0.15) is 26.2 Å². The molecule has 1 rings (SSSR count). The second kappa shape index (κ2) is 5.86. The topological polar surface area (TPSA) is 32.8 Å². The lowest BCUT2D eigenvalue weighted by Crippen LogP contribution is -2.41. The number of carbonyl (C=O) groups excluding carboxylic acids is 1. The van der Waals surface area contributed by atoms with Gasteiger partial charge in [-0.05, 0) is 32.9 Å². The number of nitrogens with zero attached hydrogens (tertiary/aromatic N) is 2. The van der Waals surface area contributed by atoms with Crippen LogP contribution in [-0.4, -0.2) is 49.3 Å². The van der Waals surface area contributed by atoms with Crippen molar-refractivity contribution in [2.75, 3.05) is 33.4 Å². The van der Waals surface area contributed by atoms with Gasteiger partial charge in [0, 0.05) is 7.05 Å². The molecule has 0 aliphatic carbocycles. The molecule has 1 heterocycles. The van der Waals surface area contributed by atoms with Gasteiger partial charge in [0.05, 0.1) is 13.3 Å². The molecule has 0 radical (unpaired) electrons. The third kappa shape index (κ3) is 3.54. The Bertz CT molecular complexity index is 179. The van der Waals surface area contributed by atoms with E-state index in [1.165, 1.54) is 19.3 Å². The van der Waals surface area contributed by atoms with Crippen LogP contribution in [-0.2, 0) is 4.74 Å². The van der Waals surface area contributed by atoms with Crippen LogP contribution >= 0.6 is 0 Å². The molecule has 1 saturated heterocycles. The van der Waals surface area contributed by atoms with Gasteiger partial charge in [-0.3, -0.25) is 9.80 Å². The summed E-state index contributed by atoms with van der Waals surface area (Å²) in [5.41, 5.74) is 0. The molecule has 0 aromatic rings. The van der Waals surface area contributed by atoms with E-state index in [9.17, 15) is 4.79 Å². The van der Waals surface area contributed by atoms with Crippen molar-refractivity contribution in [2.24, 2.45) is 0 Å². The first-order valence-corrected chi connectivity index (χ1v) is 5.34. The third-order valence-corrected chi connectivity index (χ3v) is 2.44. The van der Waals surface area contributed by atoms with Crippen molar-refractivity contribution in [3.63, 3.8) is 0 Å². The van der Waals surface area contributed by atoms with Gasteiger partial charge in [-0.25, -0.2) is 4.79 Å². The van der Waals surface area contributed by atoms with Crippen LogP contribution in [0.3, 0.4) is 0 Å². The quantitative estimate of drug-likeness (QED) is 0.692. The minimum absolute atomic E-state index is 0.224. The Labute approximate surface area is 85.8 Å². The van der Waals surface area contributed by atoms with Crippen LogP contribution in [0, 0.1) is 0 Å². The lowest BCUT2D eigenvalue weighted by molar-refractivity contribution is 0.0831. The first-order valence-electron chi connectivity index (χ1n) is 5.34. The van der Waals surface area contributed by atoms with Crippen molar-refractivity contribution in [1.82, 2.24) is 9.80 Å². The summed E-state index contributed by atoms with van der Waals surface area (Å²) in [6.07, 6.45) is 3.59. The van der Waals surface area contributed by atoms with Crippen molar-refractivity contribution >= 4 is 6.09 Å². The van der Waals surface area contributed by atoms with Gasteiger partial charge in [0.1, 0.15) is 0 Å². The zero-order valence-electron chi connectivity index (χ0n) is 9.16. The maximum atomic E-state index is 11.3. The van der Waals surface area contributed by atoms with Crippen molar-refractivity contribution in [3.05, 3.63) is 0 Å². The minimum Gasteiger partial charge on any atom is -0.450 e. The number of piperidine rings is 1. The number of hydrogen-bond acceptors (Lipinski definition) is 3. The number of amides is 1. The second-order valence-electron chi connectivity index (χ2n) is 3.72. The standard InChI is InChI=1S/C10H20N2O2/c1-3-14-10(13)11(2)9-12-7-5-4-6-8-12/h3-9H2,1-2H3. The molecule has 0 spiro atoms. The summed E-state index contributed by atoms with van der Waals surface area (Å²) in [6, 6.07) is 0. The fourth-order valence-electron chi connectivity index (χ4n) is 1.69. The van der Waals surface area contributed by atoms with Crippen LogP contribution in [0.2, 0.25) is 0 Å². The van der Waals surface area contributed by atoms with Gasteiger partial charge in [0.25, 0.3) is 0 Å². The highest BCUT2D eigenvalue weighted by molar-refractivity contribution is 5.67. The summed E-state index contributed by atoms with van der Waals surface area (Å²) in [4.78, 5) is 15.2. The molecule has 0 unspecified atom stereocenters. The van der Waals surface area contributed by atoms with Crippen LogP contribution in [0.5, 0.6) is 0 Å². The fraction of sp³-hybridized carbons (Fsp3) is 0.900. The van der Waals surface area contributed by atoms with Crippen molar-refractivity contribution in [1.29, 1.82) is 0 Å². The van der Waals surface area contributed by atoms with E-state index in [4.69, 9.17) is 4.74 Å². The Morgan fingerprint density at radius 1 is 1.36 bits per heavy atom. The van der Waals surface area contributed by atoms with Crippen molar-refractivity contribution in [2.45, 2.75) is 26.2 Å². The van der Waals surface area contributed by atoms with Gasteiger partial charge < -0.3 is 4.74 Å². The molecular formula is C10H20N2O2. The highest BCUT2D eigenvalue weighted by Crippen LogP contribution is 2.08. The number of hydrogen-bond donors (Lipinski definition) is 0. The molecule has 14 heavy (non-hydrogen) atoms. The summed E-state index contributed by atoms with van der Waals surface area (Å²) in [6.45, 7) is 5.17. The van der Waals surface area contributed by atoms with E-state index in [0.29, 0.717) is 13.3 Å². The van der Waals surface area contributed by atoms with E-state index in [-0.39, 0.29) is 6.09 Å². The maximum Gasteiger partial charge on any atom is 0.410 e. The van der Waals surface area contributed by atoms with Crippen molar-refractivity contribution in [3.8, 4) is 0 Å². The zero-order valence-corrected chi connectivity index (χ0v) is 9.16. The van der Waals surface area contributed by atoms with E-state index in [0.717, 1.165) is 13.1 Å². The Hall–Kier alpha value is -0.770. The van der Waals surface area contributed by atoms with Crippen LogP contribution in [0.4, 0.5) is 4.79 Å². The van der Waals surface area contributed by atoms with E-state index < -0.39 is 0 Å². The molecule has 0 atom stereocenters. The Morgan fingerprint density at radius 3 is 2.57 bits per heavy atom. The molecular weight excluding hydrogens is 180 g/mol. The molecule has 0 bridgehead atoms. The molecule has 4 heteroatoms. The molecule has 82 valence electrons. The number of ether oxygens (including phenoxy) is 1. The van der Waals surface area contributed by atoms with Gasteiger partial charge in [-0.2, -0.15) is 0 Å². The van der Waals surface area contributed by atoms with Gasteiger partial charge >= 0.3 is 6.09 Å². The first kappa shape index (κ1) is 11.3. The molecule has 0 saturated carbocycles. The van der Waals surface area contributed by atoms with Crippen LogP contribution in [0.15, 0.2) is 0 Å². The highest BCUT2D eigenvalue weighted by Gasteiger charge is 2.15. The predicted octanol–water partition coefficient (Wildman–Crippen LogP) is 1.52. The first-order chi connectivity index (χ1) is 6.74. The number of rotatable bonds is 3. The maximum absolute atomic E-state index is 11.3. The van der Waals surface area contributed by atoms with E-state index in [2.05, 4.69) is 4.90 Å². The number of carbonyl (C=O) groups is 1. The van der Waals surface area contributed by atoms with Gasteiger partial charge in [0.2, 0.25) is 0 Å². The Kier molecular flexibility index (Phi) is 4.73. The SMILES string of the molecule is CCOC(=O)N(C)CN1CCCCC1. The predicted molar refractivity (Wildman–Crippen MR) is 55.1 cm³/mol. The molecule has 1 fully saturated rings. The molecule has 0 aromatic heterocycles. The number of likely N-dealkylation sites (tertiary alicyclic amines) is 1. The van der Waals surface area contributed by atoms with Gasteiger partial charge in [-0.1, -0.05) is 6.42 Å². The van der Waals surface area contributed by atoms with Crippen LogP contribution < -0.4 is 0 Å². The lowest BCUT2D eigenvalue weighted by Gasteiger charge is -2.30. The van der Waals surface area contributed by atoms with Gasteiger partial charge in [-0.15, -0.1) is 0 Å². The summed E-state index contributed by atoms with van der Waals surface area (Å²) < 4.78 is 4.91. The molecule has 1 aliphatic rings. The summed E-state index contributed by atoms with van der Waals surface area (Å²) in [7, 11) is 1.78. The second-order valence-corrected chi connectivity index (χ2v) is 3.72.